The number of carbonyl (C=O) groups excluding carboxylic acids is 1. The molecule has 0 spiro atoms. The Kier molecular flexibility index (Phi) is 9.18. The van der Waals surface area contributed by atoms with Gasteiger partial charge in [0, 0.05) is 85.0 Å². The van der Waals surface area contributed by atoms with Crippen LogP contribution in [-0.4, -0.2) is 66.7 Å². The number of hydrogen-bond donors (Lipinski definition) is 3. The molecule has 2 aliphatic rings. The summed E-state index contributed by atoms with van der Waals surface area (Å²) in [5.41, 5.74) is 15.6. The van der Waals surface area contributed by atoms with Crippen molar-refractivity contribution < 1.29 is 19.4 Å². The topological polar surface area (TPSA) is 113 Å². The molecule has 3 aromatic heterocycles. The van der Waals surface area contributed by atoms with Gasteiger partial charge >= 0.3 is 0 Å². The van der Waals surface area contributed by atoms with Crippen molar-refractivity contribution in [2.45, 2.75) is 71.0 Å². The number of benzene rings is 3. The Morgan fingerprint density at radius 2 is 1.66 bits per heavy atom. The van der Waals surface area contributed by atoms with E-state index in [2.05, 4.69) is 57.2 Å². The fraction of sp³-hybridized carbons (Fsp3) is 0.349. The SMILES string of the molecule is Cc1cnc2c(c1)c1c(n2CC(C)(O)c2ccc(F)cc2)CCN(CCc2ccc3c(c2)c2c(n3CC(O)c3ccc(C(N)=O)cc3)CCN(C)C2)C1. The second-order valence-electron chi connectivity index (χ2n) is 15.3. The van der Waals surface area contributed by atoms with E-state index in [0.29, 0.717) is 24.2 Å². The lowest BCUT2D eigenvalue weighted by molar-refractivity contribution is 0.0382. The first-order valence-corrected chi connectivity index (χ1v) is 18.5. The summed E-state index contributed by atoms with van der Waals surface area (Å²) in [5.74, 6) is -0.801. The molecule has 0 fully saturated rings. The lowest BCUT2D eigenvalue weighted by atomic mass is 9.95. The van der Waals surface area contributed by atoms with Crippen LogP contribution in [0.3, 0.4) is 0 Å². The molecule has 10 heteroatoms. The number of hydrogen-bond acceptors (Lipinski definition) is 6. The van der Waals surface area contributed by atoms with E-state index in [1.54, 1.807) is 43.3 Å². The Morgan fingerprint density at radius 3 is 2.42 bits per heavy atom. The maximum absolute atomic E-state index is 13.7. The number of nitrogens with zero attached hydrogens (tertiary/aromatic N) is 5. The van der Waals surface area contributed by atoms with Gasteiger partial charge in [0.25, 0.3) is 0 Å². The largest absolute Gasteiger partial charge is 0.387 e. The van der Waals surface area contributed by atoms with Crippen LogP contribution in [0.1, 0.15) is 68.2 Å². The zero-order valence-electron chi connectivity index (χ0n) is 30.6. The molecule has 1 amide bonds. The van der Waals surface area contributed by atoms with Gasteiger partial charge in [0.05, 0.1) is 19.2 Å². The van der Waals surface area contributed by atoms with Crippen LogP contribution in [0.5, 0.6) is 0 Å². The summed E-state index contributed by atoms with van der Waals surface area (Å²) in [6.45, 7) is 9.06. The van der Waals surface area contributed by atoms with E-state index < -0.39 is 17.6 Å². The number of aliphatic hydroxyl groups excluding tert-OH is 1. The van der Waals surface area contributed by atoms with E-state index in [0.717, 1.165) is 79.7 Å². The predicted octanol–water partition coefficient (Wildman–Crippen LogP) is 5.77. The van der Waals surface area contributed by atoms with Crippen LogP contribution in [0, 0.1) is 12.7 Å². The molecule has 0 saturated heterocycles. The first kappa shape index (κ1) is 35.2. The second-order valence-corrected chi connectivity index (χ2v) is 15.3. The van der Waals surface area contributed by atoms with Crippen molar-refractivity contribution in [3.8, 4) is 0 Å². The summed E-state index contributed by atoms with van der Waals surface area (Å²) in [4.78, 5) is 21.3. The highest BCUT2D eigenvalue weighted by atomic mass is 19.1. The number of rotatable bonds is 10. The summed E-state index contributed by atoms with van der Waals surface area (Å²) in [6.07, 6.45) is 3.84. The summed E-state index contributed by atoms with van der Waals surface area (Å²) < 4.78 is 18.1. The highest BCUT2D eigenvalue weighted by molar-refractivity contribution is 5.92. The van der Waals surface area contributed by atoms with Crippen molar-refractivity contribution in [3.05, 3.63) is 135 Å². The van der Waals surface area contributed by atoms with E-state index in [1.165, 1.54) is 45.6 Å². The van der Waals surface area contributed by atoms with Crippen molar-refractivity contribution >= 4 is 27.8 Å². The van der Waals surface area contributed by atoms with Gasteiger partial charge in [-0.05, 0) is 103 Å². The molecule has 0 radical (unpaired) electrons. The van der Waals surface area contributed by atoms with Crippen LogP contribution in [0.4, 0.5) is 4.39 Å². The van der Waals surface area contributed by atoms with Gasteiger partial charge in [-0.3, -0.25) is 9.69 Å². The number of primary amides is 1. The van der Waals surface area contributed by atoms with E-state index in [1.807, 2.05) is 6.20 Å². The second kappa shape index (κ2) is 13.8. The van der Waals surface area contributed by atoms with Crippen LogP contribution in [0.15, 0.2) is 79.0 Å². The molecule has 3 aromatic carbocycles. The average Bonchev–Trinajstić information content (AvgIpc) is 3.60. The van der Waals surface area contributed by atoms with Gasteiger partial charge in [-0.25, -0.2) is 9.37 Å². The summed E-state index contributed by atoms with van der Waals surface area (Å²) >= 11 is 0. The third-order valence-corrected chi connectivity index (χ3v) is 11.4. The highest BCUT2D eigenvalue weighted by Gasteiger charge is 2.31. The van der Waals surface area contributed by atoms with Gasteiger partial charge < -0.3 is 30.0 Å². The highest BCUT2D eigenvalue weighted by Crippen LogP contribution is 2.36. The molecule has 2 unspecified atom stereocenters. The lowest BCUT2D eigenvalue weighted by Crippen LogP contribution is -2.34. The Balaban J connectivity index is 1.03. The van der Waals surface area contributed by atoms with Crippen molar-refractivity contribution in [2.75, 3.05) is 26.7 Å². The van der Waals surface area contributed by atoms with E-state index in [9.17, 15) is 19.4 Å². The molecule has 8 rings (SSSR count). The van der Waals surface area contributed by atoms with Gasteiger partial charge in [-0.1, -0.05) is 30.3 Å². The number of nitrogens with two attached hydrogens (primary N) is 1. The van der Waals surface area contributed by atoms with Gasteiger partial charge in [0.2, 0.25) is 5.91 Å². The number of aryl methyl sites for hydroxylation is 1. The van der Waals surface area contributed by atoms with Crippen LogP contribution in [-0.2, 0) is 51.0 Å². The number of aliphatic hydroxyl groups is 2. The maximum Gasteiger partial charge on any atom is 0.248 e. The van der Waals surface area contributed by atoms with Crippen molar-refractivity contribution in [1.29, 1.82) is 0 Å². The molecule has 5 heterocycles. The van der Waals surface area contributed by atoms with E-state index in [4.69, 9.17) is 10.7 Å². The number of halogens is 1. The predicted molar refractivity (Wildman–Crippen MR) is 205 cm³/mol. The molecule has 0 bridgehead atoms. The van der Waals surface area contributed by atoms with Crippen molar-refractivity contribution in [1.82, 2.24) is 23.9 Å². The zero-order valence-corrected chi connectivity index (χ0v) is 30.6. The average molecular weight is 715 g/mol. The molecule has 0 aliphatic carbocycles. The molecule has 0 saturated carbocycles. The molecule has 6 aromatic rings. The number of pyridine rings is 1. The molecule has 53 heavy (non-hydrogen) atoms. The number of amides is 1. The molecule has 274 valence electrons. The summed E-state index contributed by atoms with van der Waals surface area (Å²) in [6, 6.07) is 22.0. The Bertz CT molecular complexity index is 2330. The van der Waals surface area contributed by atoms with Crippen LogP contribution >= 0.6 is 0 Å². The summed E-state index contributed by atoms with van der Waals surface area (Å²) in [5, 5.41) is 25.3. The molecule has 9 nitrogen and oxygen atoms in total. The smallest absolute Gasteiger partial charge is 0.248 e. The lowest BCUT2D eigenvalue weighted by Gasteiger charge is -2.30. The monoisotopic (exact) mass is 714 g/mol. The van der Waals surface area contributed by atoms with Crippen molar-refractivity contribution in [2.24, 2.45) is 5.73 Å². The number of carbonyl (C=O) groups is 1. The Labute approximate surface area is 309 Å². The number of fused-ring (bicyclic) bond motifs is 6. The van der Waals surface area contributed by atoms with Crippen LogP contribution in [0.2, 0.25) is 0 Å². The van der Waals surface area contributed by atoms with E-state index in [-0.39, 0.29) is 5.82 Å². The molecular weight excluding hydrogens is 668 g/mol. The van der Waals surface area contributed by atoms with E-state index >= 15 is 0 Å². The molecular formula is C43H47FN6O3. The number of likely N-dealkylation sites (N-methyl/N-ethyl adjacent to an activating group) is 1. The fourth-order valence-electron chi connectivity index (χ4n) is 8.47. The first-order chi connectivity index (χ1) is 25.4. The van der Waals surface area contributed by atoms with Crippen molar-refractivity contribution in [3.63, 3.8) is 0 Å². The van der Waals surface area contributed by atoms with Crippen LogP contribution in [0.25, 0.3) is 21.9 Å². The quantitative estimate of drug-likeness (QED) is 0.166. The van der Waals surface area contributed by atoms with Gasteiger partial charge in [-0.2, -0.15) is 0 Å². The Hall–Kier alpha value is -4.87. The Morgan fingerprint density at radius 1 is 0.943 bits per heavy atom. The number of aromatic nitrogens is 3. The first-order valence-electron chi connectivity index (χ1n) is 18.5. The minimum absolute atomic E-state index is 0.321. The molecule has 2 atom stereocenters. The minimum atomic E-state index is -1.20. The normalized spacial score (nSPS) is 16.8. The standard InChI is InChI=1S/C43H47FN6O3/c1-27-20-34-36-24-48(19-16-39(36)50(42(34)46-22-27)26-43(2,53)31-9-11-32(44)12-10-31)18-14-28-4-13-37-33(21-28)35-23-47(3)17-15-38(35)49(37)25-40(51)29-5-7-30(8-6-29)41(45)52/h4-13,20-22,40,51,53H,14-19,23-26H2,1-3H3,(H2,45,52). The maximum atomic E-state index is 13.7. The summed E-state index contributed by atoms with van der Waals surface area (Å²) in [7, 11) is 2.16. The molecule has 4 N–H and O–H groups in total. The third-order valence-electron chi connectivity index (χ3n) is 11.4. The van der Waals surface area contributed by atoms with Gasteiger partial charge in [0.1, 0.15) is 17.1 Å². The zero-order chi connectivity index (χ0) is 37.0. The fourth-order valence-corrected chi connectivity index (χ4v) is 8.47. The van der Waals surface area contributed by atoms with Gasteiger partial charge in [-0.15, -0.1) is 0 Å². The third kappa shape index (κ3) is 6.76. The van der Waals surface area contributed by atoms with Gasteiger partial charge in [0.15, 0.2) is 0 Å². The molecule has 2 aliphatic heterocycles. The minimum Gasteiger partial charge on any atom is -0.387 e. The van der Waals surface area contributed by atoms with Crippen LogP contribution < -0.4 is 5.73 Å².